The fraction of sp³-hybridized carbons (Fsp3) is 0.600. The minimum Gasteiger partial charge on any atom is -0.507 e. The summed E-state index contributed by atoms with van der Waals surface area (Å²) < 4.78 is 5.39. The number of benzene rings is 1. The van der Waals surface area contributed by atoms with Gasteiger partial charge in [0.05, 0.1) is 12.7 Å². The zero-order valence-corrected chi connectivity index (χ0v) is 15.7. The average Bonchev–Trinajstić information content (AvgIpc) is 2.76. The quantitative estimate of drug-likeness (QED) is 0.798. The zero-order chi connectivity index (χ0) is 18.9. The largest absolute Gasteiger partial charge is 0.507 e. The number of ether oxygens (including phenoxy) is 1. The van der Waals surface area contributed by atoms with Crippen LogP contribution in [0.2, 0.25) is 0 Å². The van der Waals surface area contributed by atoms with Gasteiger partial charge in [-0.05, 0) is 12.3 Å². The van der Waals surface area contributed by atoms with Gasteiger partial charge >= 0.3 is 0 Å². The summed E-state index contributed by atoms with van der Waals surface area (Å²) in [5.74, 6) is -0.926. The van der Waals surface area contributed by atoms with Crippen molar-refractivity contribution in [3.63, 3.8) is 0 Å². The number of aromatic hydroxyl groups is 2. The lowest BCUT2D eigenvalue weighted by Gasteiger charge is -2.45. The van der Waals surface area contributed by atoms with Gasteiger partial charge in [0.1, 0.15) is 11.5 Å². The summed E-state index contributed by atoms with van der Waals surface area (Å²) in [6.07, 6.45) is 0.816. The van der Waals surface area contributed by atoms with Crippen LogP contribution in [0.15, 0.2) is 0 Å². The molecule has 5 heteroatoms. The number of hydrogen-bond acceptors (Lipinski definition) is 5. The van der Waals surface area contributed by atoms with E-state index in [9.17, 15) is 19.8 Å². The summed E-state index contributed by atoms with van der Waals surface area (Å²) in [6.45, 7) is 9.21. The molecule has 0 amide bonds. The van der Waals surface area contributed by atoms with Crippen LogP contribution in [0.25, 0.3) is 0 Å². The van der Waals surface area contributed by atoms with E-state index in [4.69, 9.17) is 4.74 Å². The van der Waals surface area contributed by atoms with Crippen molar-refractivity contribution in [2.24, 2.45) is 11.3 Å². The molecule has 0 spiro atoms. The molecule has 2 aliphatic rings. The normalized spacial score (nSPS) is 27.4. The monoisotopic (exact) mass is 346 g/mol. The number of carbonyl (C=O) groups is 2. The van der Waals surface area contributed by atoms with E-state index in [1.165, 1.54) is 7.11 Å². The zero-order valence-electron chi connectivity index (χ0n) is 15.7. The van der Waals surface area contributed by atoms with E-state index in [1.807, 2.05) is 20.8 Å². The Hall–Kier alpha value is -2.04. The highest BCUT2D eigenvalue weighted by Crippen LogP contribution is 2.63. The first-order chi connectivity index (χ1) is 11.5. The molecule has 1 aromatic rings. The Labute approximate surface area is 148 Å². The molecule has 1 saturated carbocycles. The number of methoxy groups -OCH3 is 1. The number of carbonyl (C=O) groups excluding carboxylic acids is 2. The van der Waals surface area contributed by atoms with Gasteiger partial charge in [-0.15, -0.1) is 0 Å². The van der Waals surface area contributed by atoms with Crippen molar-refractivity contribution in [1.82, 2.24) is 0 Å². The van der Waals surface area contributed by atoms with Gasteiger partial charge in [0, 0.05) is 34.3 Å². The lowest BCUT2D eigenvalue weighted by Crippen LogP contribution is -2.49. The molecule has 1 fully saturated rings. The molecule has 136 valence electrons. The number of ketones is 2. The van der Waals surface area contributed by atoms with Gasteiger partial charge in [0.25, 0.3) is 0 Å². The molecular formula is C20H26O5. The Bertz CT molecular complexity index is 790. The minimum atomic E-state index is -0.840. The summed E-state index contributed by atoms with van der Waals surface area (Å²) in [4.78, 5) is 25.7. The summed E-state index contributed by atoms with van der Waals surface area (Å²) in [5, 5.41) is 21.8. The van der Waals surface area contributed by atoms with E-state index in [1.54, 1.807) is 13.8 Å². The summed E-state index contributed by atoms with van der Waals surface area (Å²) in [6, 6.07) is 0. The number of phenolic OH excluding ortho intramolecular Hbond substituents is 2. The van der Waals surface area contributed by atoms with Gasteiger partial charge in [-0.1, -0.05) is 34.6 Å². The van der Waals surface area contributed by atoms with Crippen LogP contribution in [0.5, 0.6) is 17.2 Å². The van der Waals surface area contributed by atoms with Crippen LogP contribution in [-0.2, 0) is 10.2 Å². The van der Waals surface area contributed by atoms with Gasteiger partial charge in [-0.3, -0.25) is 9.59 Å². The van der Waals surface area contributed by atoms with E-state index in [2.05, 4.69) is 0 Å². The predicted octanol–water partition coefficient (Wildman–Crippen LogP) is 3.69. The van der Waals surface area contributed by atoms with Crippen LogP contribution < -0.4 is 4.74 Å². The first kappa shape index (κ1) is 17.8. The second-order valence-corrected chi connectivity index (χ2v) is 8.41. The standard InChI is InChI=1S/C20H26O5/c1-9(2)11-14(22)12-13(16(24)17(11)25-6)20(5)8-7-10(21)19(3,4)18(20)15(12)23/h9,18,22,24H,7-8H2,1-6H3/t18-,20+/m1/s1. The Kier molecular flexibility index (Phi) is 3.72. The van der Waals surface area contributed by atoms with Crippen LogP contribution in [0.3, 0.4) is 0 Å². The number of rotatable bonds is 2. The highest BCUT2D eigenvalue weighted by molar-refractivity contribution is 6.11. The molecule has 0 unspecified atom stereocenters. The van der Waals surface area contributed by atoms with Crippen molar-refractivity contribution in [1.29, 1.82) is 0 Å². The van der Waals surface area contributed by atoms with Crippen molar-refractivity contribution >= 4 is 11.6 Å². The molecule has 0 aromatic heterocycles. The molecule has 0 radical (unpaired) electrons. The molecule has 2 atom stereocenters. The van der Waals surface area contributed by atoms with Crippen molar-refractivity contribution in [3.05, 3.63) is 16.7 Å². The van der Waals surface area contributed by atoms with Gasteiger partial charge in [-0.2, -0.15) is 0 Å². The molecule has 0 heterocycles. The van der Waals surface area contributed by atoms with Crippen LogP contribution in [0, 0.1) is 11.3 Å². The average molecular weight is 346 g/mol. The molecule has 0 saturated heterocycles. The number of fused-ring (bicyclic) bond motifs is 3. The highest BCUT2D eigenvalue weighted by atomic mass is 16.5. The third kappa shape index (κ3) is 2.01. The third-order valence-electron chi connectivity index (χ3n) is 6.25. The summed E-state index contributed by atoms with van der Waals surface area (Å²) in [7, 11) is 1.44. The van der Waals surface area contributed by atoms with Crippen LogP contribution in [0.1, 0.15) is 74.9 Å². The first-order valence-electron chi connectivity index (χ1n) is 8.73. The Morgan fingerprint density at radius 2 is 1.72 bits per heavy atom. The maximum Gasteiger partial charge on any atom is 0.171 e. The number of Topliss-reactive ketones (excluding diaryl/α,β-unsaturated/α-hetero) is 2. The lowest BCUT2D eigenvalue weighted by molar-refractivity contribution is -0.134. The Morgan fingerprint density at radius 1 is 1.12 bits per heavy atom. The first-order valence-corrected chi connectivity index (χ1v) is 8.73. The fourth-order valence-electron chi connectivity index (χ4n) is 5.09. The van der Waals surface area contributed by atoms with E-state index in [0.717, 1.165) is 0 Å². The molecule has 0 aliphatic heterocycles. The van der Waals surface area contributed by atoms with Gasteiger partial charge < -0.3 is 14.9 Å². The van der Waals surface area contributed by atoms with E-state index in [0.29, 0.717) is 24.0 Å². The predicted molar refractivity (Wildman–Crippen MR) is 93.6 cm³/mol. The lowest BCUT2D eigenvalue weighted by atomic mass is 9.56. The van der Waals surface area contributed by atoms with Crippen molar-refractivity contribution in [2.75, 3.05) is 7.11 Å². The van der Waals surface area contributed by atoms with Crippen LogP contribution in [-0.4, -0.2) is 28.9 Å². The molecular weight excluding hydrogens is 320 g/mol. The number of phenols is 2. The van der Waals surface area contributed by atoms with Crippen LogP contribution in [0.4, 0.5) is 0 Å². The minimum absolute atomic E-state index is 0.0474. The molecule has 2 N–H and O–H groups in total. The van der Waals surface area contributed by atoms with Crippen molar-refractivity contribution in [2.45, 2.75) is 58.8 Å². The van der Waals surface area contributed by atoms with E-state index < -0.39 is 16.7 Å². The molecule has 5 nitrogen and oxygen atoms in total. The van der Waals surface area contributed by atoms with Gasteiger partial charge in [0.15, 0.2) is 17.3 Å². The van der Waals surface area contributed by atoms with Crippen molar-refractivity contribution < 1.29 is 24.5 Å². The van der Waals surface area contributed by atoms with Crippen LogP contribution >= 0.6 is 0 Å². The SMILES string of the molecule is COc1c(O)c2c(c(O)c1C(C)C)C(=O)[C@@H]1C(C)(C)C(=O)CC[C@@]21C. The Balaban J connectivity index is 2.40. The number of hydrogen-bond donors (Lipinski definition) is 2. The summed E-state index contributed by atoms with van der Waals surface area (Å²) >= 11 is 0. The van der Waals surface area contributed by atoms with E-state index >= 15 is 0 Å². The maximum absolute atomic E-state index is 13.3. The van der Waals surface area contributed by atoms with Gasteiger partial charge in [-0.25, -0.2) is 0 Å². The second-order valence-electron chi connectivity index (χ2n) is 8.41. The maximum atomic E-state index is 13.3. The third-order valence-corrected chi connectivity index (χ3v) is 6.25. The summed E-state index contributed by atoms with van der Waals surface area (Å²) in [5.41, 5.74) is -0.515. The second kappa shape index (κ2) is 5.23. The molecule has 2 aliphatic carbocycles. The Morgan fingerprint density at radius 3 is 2.24 bits per heavy atom. The van der Waals surface area contributed by atoms with Gasteiger partial charge in [0.2, 0.25) is 0 Å². The van der Waals surface area contributed by atoms with Crippen molar-refractivity contribution in [3.8, 4) is 17.2 Å². The smallest absolute Gasteiger partial charge is 0.171 e. The molecule has 25 heavy (non-hydrogen) atoms. The molecule has 0 bridgehead atoms. The highest BCUT2D eigenvalue weighted by Gasteiger charge is 2.62. The topological polar surface area (TPSA) is 83.8 Å². The molecule has 3 rings (SSSR count). The molecule has 1 aromatic carbocycles. The van der Waals surface area contributed by atoms with E-state index in [-0.39, 0.29) is 40.3 Å². The fourth-order valence-corrected chi connectivity index (χ4v) is 5.09.